The minimum Gasteiger partial charge on any atom is -0.369 e. The highest BCUT2D eigenvalue weighted by molar-refractivity contribution is 9.10. The van der Waals surface area contributed by atoms with Crippen LogP contribution in [0.4, 0.5) is 10.1 Å². The van der Waals surface area contributed by atoms with Crippen LogP contribution in [-0.2, 0) is 10.0 Å². The van der Waals surface area contributed by atoms with Crippen LogP contribution in [0.15, 0.2) is 53.0 Å². The monoisotopic (exact) mass is 483 g/mol. The van der Waals surface area contributed by atoms with Crippen LogP contribution in [0.25, 0.3) is 0 Å². The normalized spacial score (nSPS) is 15.3. The quantitative estimate of drug-likeness (QED) is 0.614. The van der Waals surface area contributed by atoms with E-state index in [0.717, 1.165) is 5.69 Å². The maximum Gasteiger partial charge on any atom is 0.252 e. The zero-order valence-electron chi connectivity index (χ0n) is 15.9. The van der Waals surface area contributed by atoms with Gasteiger partial charge in [-0.2, -0.15) is 4.31 Å². The topological polar surface area (TPSA) is 69.7 Å². The molecule has 0 saturated carbocycles. The Balaban J connectivity index is 1.44. The SMILES string of the molecule is O=C(NCCCS(=O)(=O)N1CCN(c2ccc(F)cc2)CC1)c1ccccc1Br. The molecule has 0 aromatic heterocycles. The lowest BCUT2D eigenvalue weighted by Crippen LogP contribution is -2.49. The molecule has 29 heavy (non-hydrogen) atoms. The van der Waals surface area contributed by atoms with Crippen LogP contribution in [0.1, 0.15) is 16.8 Å². The number of hydrogen-bond acceptors (Lipinski definition) is 4. The fourth-order valence-corrected chi connectivity index (χ4v) is 5.15. The zero-order chi connectivity index (χ0) is 20.9. The molecule has 0 radical (unpaired) electrons. The number of halogens is 2. The van der Waals surface area contributed by atoms with E-state index in [9.17, 15) is 17.6 Å². The summed E-state index contributed by atoms with van der Waals surface area (Å²) in [5.41, 5.74) is 1.41. The summed E-state index contributed by atoms with van der Waals surface area (Å²) in [5, 5.41) is 2.76. The lowest BCUT2D eigenvalue weighted by atomic mass is 10.2. The van der Waals surface area contributed by atoms with E-state index in [1.165, 1.54) is 16.4 Å². The van der Waals surface area contributed by atoms with E-state index in [-0.39, 0.29) is 24.0 Å². The lowest BCUT2D eigenvalue weighted by Gasteiger charge is -2.35. The Labute approximate surface area is 178 Å². The fourth-order valence-electron chi connectivity index (χ4n) is 3.20. The van der Waals surface area contributed by atoms with Crippen LogP contribution in [-0.4, -0.2) is 57.1 Å². The van der Waals surface area contributed by atoms with Gasteiger partial charge in [-0.1, -0.05) is 12.1 Å². The maximum atomic E-state index is 13.1. The average Bonchev–Trinajstić information content (AvgIpc) is 2.72. The molecule has 156 valence electrons. The van der Waals surface area contributed by atoms with Gasteiger partial charge in [0.2, 0.25) is 10.0 Å². The molecule has 2 aromatic rings. The first kappa shape index (κ1) is 21.7. The molecule has 1 amide bonds. The molecule has 3 rings (SSSR count). The third-order valence-corrected chi connectivity index (χ3v) is 7.45. The molecule has 0 bridgehead atoms. The largest absolute Gasteiger partial charge is 0.369 e. The number of anilines is 1. The second-order valence-electron chi connectivity index (χ2n) is 6.77. The molecule has 9 heteroatoms. The van der Waals surface area contributed by atoms with Gasteiger partial charge in [-0.25, -0.2) is 12.8 Å². The first-order valence-electron chi connectivity index (χ1n) is 9.38. The minimum absolute atomic E-state index is 0.0141. The highest BCUT2D eigenvalue weighted by Crippen LogP contribution is 2.19. The van der Waals surface area contributed by atoms with Crippen LogP contribution in [0.5, 0.6) is 0 Å². The van der Waals surface area contributed by atoms with E-state index in [4.69, 9.17) is 0 Å². The van der Waals surface area contributed by atoms with Gasteiger partial charge in [0.1, 0.15) is 5.82 Å². The lowest BCUT2D eigenvalue weighted by molar-refractivity contribution is 0.0953. The van der Waals surface area contributed by atoms with Gasteiger partial charge in [-0.05, 0) is 58.7 Å². The van der Waals surface area contributed by atoms with Crippen molar-refractivity contribution in [2.75, 3.05) is 43.4 Å². The number of nitrogens with one attached hydrogen (secondary N) is 1. The van der Waals surface area contributed by atoms with Crippen molar-refractivity contribution in [3.8, 4) is 0 Å². The summed E-state index contributed by atoms with van der Waals surface area (Å²) in [5.74, 6) is -0.538. The molecule has 0 spiro atoms. The highest BCUT2D eigenvalue weighted by Gasteiger charge is 2.26. The summed E-state index contributed by atoms with van der Waals surface area (Å²) in [7, 11) is -3.38. The Kier molecular flexibility index (Phi) is 7.26. The standard InChI is InChI=1S/C20H23BrFN3O3S/c21-19-5-2-1-4-18(19)20(26)23-10-3-15-29(27,28)25-13-11-24(12-14-25)17-8-6-16(22)7-9-17/h1-2,4-9H,3,10-15H2,(H,23,26). The molecule has 6 nitrogen and oxygen atoms in total. The van der Waals surface area contributed by atoms with Crippen molar-refractivity contribution in [3.05, 3.63) is 64.4 Å². The smallest absolute Gasteiger partial charge is 0.252 e. The third-order valence-electron chi connectivity index (χ3n) is 4.81. The van der Waals surface area contributed by atoms with Gasteiger partial charge in [0, 0.05) is 42.9 Å². The summed E-state index contributed by atoms with van der Waals surface area (Å²) in [6.07, 6.45) is 0.344. The molecule has 0 atom stereocenters. The number of hydrogen-bond donors (Lipinski definition) is 1. The summed E-state index contributed by atoms with van der Waals surface area (Å²) in [4.78, 5) is 14.2. The molecular formula is C20H23BrFN3O3S. The third kappa shape index (κ3) is 5.77. The molecule has 1 aliphatic heterocycles. The summed E-state index contributed by atoms with van der Waals surface area (Å²) < 4.78 is 40.4. The Bertz CT molecular complexity index is 946. The van der Waals surface area contributed by atoms with Crippen molar-refractivity contribution in [1.82, 2.24) is 9.62 Å². The van der Waals surface area contributed by atoms with Crippen LogP contribution >= 0.6 is 15.9 Å². The Morgan fingerprint density at radius 2 is 1.69 bits per heavy atom. The summed E-state index contributed by atoms with van der Waals surface area (Å²) in [6, 6.07) is 13.3. The van der Waals surface area contributed by atoms with Crippen molar-refractivity contribution in [2.24, 2.45) is 0 Å². The first-order valence-corrected chi connectivity index (χ1v) is 11.8. The summed E-state index contributed by atoms with van der Waals surface area (Å²) >= 11 is 3.33. The Morgan fingerprint density at radius 1 is 1.03 bits per heavy atom. The van der Waals surface area contributed by atoms with Crippen LogP contribution < -0.4 is 10.2 Å². The number of piperazine rings is 1. The number of sulfonamides is 1. The van der Waals surface area contributed by atoms with E-state index < -0.39 is 10.0 Å². The van der Waals surface area contributed by atoms with Crippen molar-refractivity contribution < 1.29 is 17.6 Å². The van der Waals surface area contributed by atoms with E-state index in [1.807, 2.05) is 11.0 Å². The molecule has 1 saturated heterocycles. The van der Waals surface area contributed by atoms with Gasteiger partial charge in [-0.3, -0.25) is 4.79 Å². The molecular weight excluding hydrogens is 461 g/mol. The van der Waals surface area contributed by atoms with E-state index in [0.29, 0.717) is 42.6 Å². The second kappa shape index (κ2) is 9.69. The van der Waals surface area contributed by atoms with E-state index in [2.05, 4.69) is 21.2 Å². The van der Waals surface area contributed by atoms with Gasteiger partial charge in [0.25, 0.3) is 5.91 Å². The average molecular weight is 484 g/mol. The van der Waals surface area contributed by atoms with E-state index >= 15 is 0 Å². The number of carbonyl (C=O) groups is 1. The van der Waals surface area contributed by atoms with Gasteiger partial charge in [0.05, 0.1) is 11.3 Å². The fraction of sp³-hybridized carbons (Fsp3) is 0.350. The second-order valence-corrected chi connectivity index (χ2v) is 9.71. The van der Waals surface area contributed by atoms with Gasteiger partial charge >= 0.3 is 0 Å². The zero-order valence-corrected chi connectivity index (χ0v) is 18.3. The molecule has 0 unspecified atom stereocenters. The van der Waals surface area contributed by atoms with Crippen molar-refractivity contribution in [3.63, 3.8) is 0 Å². The van der Waals surface area contributed by atoms with Crippen LogP contribution in [0, 0.1) is 5.82 Å². The number of amides is 1. The minimum atomic E-state index is -3.38. The van der Waals surface area contributed by atoms with E-state index in [1.54, 1.807) is 30.3 Å². The van der Waals surface area contributed by atoms with Gasteiger partial charge in [-0.15, -0.1) is 0 Å². The van der Waals surface area contributed by atoms with Gasteiger partial charge in [0.15, 0.2) is 0 Å². The number of benzene rings is 2. The Hall–Kier alpha value is -1.97. The Morgan fingerprint density at radius 3 is 2.34 bits per heavy atom. The van der Waals surface area contributed by atoms with Crippen LogP contribution in [0.3, 0.4) is 0 Å². The molecule has 1 fully saturated rings. The predicted molar refractivity (Wildman–Crippen MR) is 115 cm³/mol. The molecule has 1 heterocycles. The molecule has 2 aromatic carbocycles. The number of rotatable bonds is 7. The summed E-state index contributed by atoms with van der Waals surface area (Å²) in [6.45, 7) is 2.19. The van der Waals surface area contributed by atoms with Crippen molar-refractivity contribution >= 4 is 37.5 Å². The van der Waals surface area contributed by atoms with Crippen molar-refractivity contribution in [1.29, 1.82) is 0 Å². The highest BCUT2D eigenvalue weighted by atomic mass is 79.9. The van der Waals surface area contributed by atoms with Crippen LogP contribution in [0.2, 0.25) is 0 Å². The molecule has 1 aliphatic rings. The van der Waals surface area contributed by atoms with Crippen molar-refractivity contribution in [2.45, 2.75) is 6.42 Å². The number of carbonyl (C=O) groups excluding carboxylic acids is 1. The first-order chi connectivity index (χ1) is 13.9. The molecule has 1 N–H and O–H groups in total. The van der Waals surface area contributed by atoms with Gasteiger partial charge < -0.3 is 10.2 Å². The maximum absolute atomic E-state index is 13.1. The number of nitrogens with zero attached hydrogens (tertiary/aromatic N) is 2. The molecule has 0 aliphatic carbocycles. The predicted octanol–water partition coefficient (Wildman–Crippen LogP) is 2.86.